The fourth-order valence-electron chi connectivity index (χ4n) is 4.50. The molecule has 9 heteroatoms. The molecule has 8 nitrogen and oxygen atoms in total. The molecular formula is C33H48N2O6Si. The molecule has 1 heterocycles. The number of pyridine rings is 1. The second kappa shape index (κ2) is 12.7. The van der Waals surface area contributed by atoms with Crippen LogP contribution in [0.1, 0.15) is 78.2 Å². The van der Waals surface area contributed by atoms with E-state index in [-0.39, 0.29) is 34.6 Å². The number of aromatic nitrogens is 1. The number of fused-ring (bicyclic) bond motifs is 1. The first kappa shape index (κ1) is 33.5. The predicted molar refractivity (Wildman–Crippen MR) is 171 cm³/mol. The van der Waals surface area contributed by atoms with Crippen LogP contribution in [0.4, 0.5) is 4.79 Å². The van der Waals surface area contributed by atoms with E-state index in [0.717, 1.165) is 28.5 Å². The lowest BCUT2D eigenvalue weighted by Gasteiger charge is -2.40. The maximum absolute atomic E-state index is 12.5. The number of aliphatic hydroxyl groups excluding tert-OH is 1. The van der Waals surface area contributed by atoms with Gasteiger partial charge in [0.1, 0.15) is 5.60 Å². The molecule has 0 fully saturated rings. The summed E-state index contributed by atoms with van der Waals surface area (Å²) in [7, 11) is -2.24. The molecule has 0 aliphatic carbocycles. The molecule has 0 radical (unpaired) electrons. The van der Waals surface area contributed by atoms with Gasteiger partial charge in [-0.05, 0) is 88.0 Å². The lowest BCUT2D eigenvalue weighted by molar-refractivity contribution is 0.0208. The minimum atomic E-state index is -2.24. The van der Waals surface area contributed by atoms with Crippen LogP contribution in [0.15, 0.2) is 53.3 Å². The van der Waals surface area contributed by atoms with Crippen LogP contribution in [0.2, 0.25) is 18.1 Å². The van der Waals surface area contributed by atoms with Crippen molar-refractivity contribution in [3.8, 4) is 5.75 Å². The molecule has 1 aromatic heterocycles. The Kier molecular flexibility index (Phi) is 10.1. The van der Waals surface area contributed by atoms with E-state index in [4.69, 9.17) is 13.9 Å². The number of rotatable bonds is 10. The standard InChI is InChI=1S/C33H48N2O6Si/c1-31(2,3)40-30(38)39-26-16-14-24(25-15-17-28(37)35-29(25)26)27(41-42(9,10)32(4,5)6)20-34-33(7,8)19-22-12-11-13-23(18-22)21-36/h11-18,27,34,36H,19-21H2,1-10H3,(H,35,37). The zero-order valence-electron chi connectivity index (χ0n) is 26.8. The summed E-state index contributed by atoms with van der Waals surface area (Å²) in [4.78, 5) is 27.7. The highest BCUT2D eigenvalue weighted by Crippen LogP contribution is 2.41. The smallest absolute Gasteiger partial charge is 0.428 e. The number of nitrogens with one attached hydrogen (secondary N) is 2. The van der Waals surface area contributed by atoms with Crippen LogP contribution in [-0.4, -0.2) is 42.2 Å². The second-order valence-corrected chi connectivity index (χ2v) is 18.9. The number of aliphatic hydroxyl groups is 1. The van der Waals surface area contributed by atoms with Gasteiger partial charge in [-0.1, -0.05) is 51.1 Å². The maximum atomic E-state index is 12.5. The average molecular weight is 597 g/mol. The SMILES string of the molecule is CC(C)(Cc1cccc(CO)c1)NCC(O[Si](C)(C)C(C)(C)C)c1ccc(OC(=O)OC(C)(C)C)c2[nH]c(=O)ccc12. The molecule has 3 N–H and O–H groups in total. The summed E-state index contributed by atoms with van der Waals surface area (Å²) in [6.07, 6.45) is -0.438. The van der Waals surface area contributed by atoms with E-state index >= 15 is 0 Å². The highest BCUT2D eigenvalue weighted by atomic mass is 28.4. The lowest BCUT2D eigenvalue weighted by atomic mass is 9.93. The van der Waals surface area contributed by atoms with Crippen molar-refractivity contribution in [3.05, 3.63) is 75.6 Å². The second-order valence-electron chi connectivity index (χ2n) is 14.1. The van der Waals surface area contributed by atoms with Gasteiger partial charge in [-0.2, -0.15) is 0 Å². The molecule has 2 aromatic carbocycles. The topological polar surface area (TPSA) is 110 Å². The highest BCUT2D eigenvalue weighted by molar-refractivity contribution is 6.74. The Labute approximate surface area is 250 Å². The Morgan fingerprint density at radius 2 is 1.64 bits per heavy atom. The fourth-order valence-corrected chi connectivity index (χ4v) is 5.78. The van der Waals surface area contributed by atoms with Gasteiger partial charge >= 0.3 is 6.16 Å². The van der Waals surface area contributed by atoms with Crippen LogP contribution in [0, 0.1) is 0 Å². The summed E-state index contributed by atoms with van der Waals surface area (Å²) in [5.41, 5.74) is 2.00. The van der Waals surface area contributed by atoms with Crippen molar-refractivity contribution in [3.63, 3.8) is 0 Å². The van der Waals surface area contributed by atoms with E-state index in [1.807, 2.05) is 24.3 Å². The van der Waals surface area contributed by atoms with Crippen molar-refractivity contribution in [1.29, 1.82) is 0 Å². The third-order valence-corrected chi connectivity index (χ3v) is 12.1. The summed E-state index contributed by atoms with van der Waals surface area (Å²) < 4.78 is 17.9. The van der Waals surface area contributed by atoms with Crippen LogP contribution >= 0.6 is 0 Å². The van der Waals surface area contributed by atoms with E-state index in [0.29, 0.717) is 12.1 Å². The normalized spacial score (nSPS) is 13.7. The molecule has 0 aliphatic heterocycles. The number of H-pyrrole nitrogens is 1. The number of carbonyl (C=O) groups excluding carboxylic acids is 1. The molecule has 3 rings (SSSR count). The molecule has 0 saturated carbocycles. The summed E-state index contributed by atoms with van der Waals surface area (Å²) in [5, 5.41) is 14.0. The van der Waals surface area contributed by atoms with E-state index < -0.39 is 20.1 Å². The molecule has 1 atom stereocenters. The number of hydrogen-bond donors (Lipinski definition) is 3. The van der Waals surface area contributed by atoms with Gasteiger partial charge in [-0.25, -0.2) is 4.79 Å². The Morgan fingerprint density at radius 3 is 2.26 bits per heavy atom. The van der Waals surface area contributed by atoms with Crippen molar-refractivity contribution in [1.82, 2.24) is 10.3 Å². The van der Waals surface area contributed by atoms with Gasteiger partial charge in [0.2, 0.25) is 5.56 Å². The van der Waals surface area contributed by atoms with Crippen LogP contribution in [-0.2, 0) is 22.2 Å². The largest absolute Gasteiger partial charge is 0.514 e. The van der Waals surface area contributed by atoms with E-state index in [2.05, 4.69) is 64.1 Å². The molecule has 0 spiro atoms. The number of hydrogen-bond acceptors (Lipinski definition) is 7. The molecule has 42 heavy (non-hydrogen) atoms. The molecule has 230 valence electrons. The predicted octanol–water partition coefficient (Wildman–Crippen LogP) is 7.01. The molecule has 0 amide bonds. The zero-order chi connectivity index (χ0) is 31.5. The Bertz CT molecular complexity index is 1450. The van der Waals surface area contributed by atoms with Crippen LogP contribution in [0.3, 0.4) is 0 Å². The van der Waals surface area contributed by atoms with E-state index in [1.54, 1.807) is 32.9 Å². The van der Waals surface area contributed by atoms with Gasteiger partial charge in [-0.15, -0.1) is 0 Å². The van der Waals surface area contributed by atoms with Gasteiger partial charge in [0.15, 0.2) is 14.1 Å². The van der Waals surface area contributed by atoms with Crippen molar-refractivity contribution >= 4 is 25.4 Å². The minimum absolute atomic E-state index is 0.00687. The quantitative estimate of drug-likeness (QED) is 0.131. The summed E-state index contributed by atoms with van der Waals surface area (Å²) in [6.45, 7) is 21.1. The first-order valence-electron chi connectivity index (χ1n) is 14.5. The Hall–Kier alpha value is -2.98. The molecule has 0 aliphatic rings. The zero-order valence-corrected chi connectivity index (χ0v) is 27.8. The van der Waals surface area contributed by atoms with Crippen molar-refractivity contribution in [2.75, 3.05) is 6.54 Å². The first-order chi connectivity index (χ1) is 19.3. The summed E-state index contributed by atoms with van der Waals surface area (Å²) in [6, 6.07) is 14.8. The third-order valence-electron chi connectivity index (χ3n) is 7.65. The summed E-state index contributed by atoms with van der Waals surface area (Å²) in [5.74, 6) is 0.212. The van der Waals surface area contributed by atoms with Gasteiger partial charge < -0.3 is 29.3 Å². The van der Waals surface area contributed by atoms with E-state index in [9.17, 15) is 14.7 Å². The maximum Gasteiger partial charge on any atom is 0.514 e. The summed E-state index contributed by atoms with van der Waals surface area (Å²) >= 11 is 0. The monoisotopic (exact) mass is 596 g/mol. The number of aromatic amines is 1. The number of carbonyl (C=O) groups is 1. The number of ether oxygens (including phenoxy) is 2. The van der Waals surface area contributed by atoms with Gasteiger partial charge in [0.05, 0.1) is 18.2 Å². The first-order valence-corrected chi connectivity index (χ1v) is 17.4. The van der Waals surface area contributed by atoms with Crippen LogP contribution < -0.4 is 15.6 Å². The highest BCUT2D eigenvalue weighted by Gasteiger charge is 2.40. The molecule has 1 unspecified atom stereocenters. The number of benzene rings is 2. The van der Waals surface area contributed by atoms with E-state index in [1.165, 1.54) is 6.07 Å². The average Bonchev–Trinajstić information content (AvgIpc) is 2.85. The molecule has 3 aromatic rings. The van der Waals surface area contributed by atoms with Gasteiger partial charge in [-0.3, -0.25) is 4.79 Å². The van der Waals surface area contributed by atoms with Gasteiger partial charge in [0, 0.05) is 23.5 Å². The van der Waals surface area contributed by atoms with Crippen molar-refractivity contribution in [2.45, 2.75) is 104 Å². The lowest BCUT2D eigenvalue weighted by Crippen LogP contribution is -2.47. The Morgan fingerprint density at radius 1 is 0.976 bits per heavy atom. The molecule has 0 bridgehead atoms. The third kappa shape index (κ3) is 9.01. The van der Waals surface area contributed by atoms with Crippen molar-refractivity contribution in [2.24, 2.45) is 0 Å². The van der Waals surface area contributed by atoms with Crippen LogP contribution in [0.25, 0.3) is 10.9 Å². The van der Waals surface area contributed by atoms with Gasteiger partial charge in [0.25, 0.3) is 0 Å². The Balaban J connectivity index is 2.01. The minimum Gasteiger partial charge on any atom is -0.428 e. The van der Waals surface area contributed by atoms with Crippen molar-refractivity contribution < 1.29 is 23.8 Å². The molecule has 0 saturated heterocycles. The van der Waals surface area contributed by atoms with Crippen LogP contribution in [0.5, 0.6) is 5.75 Å². The molecular weight excluding hydrogens is 548 g/mol. The fraction of sp³-hybridized carbons (Fsp3) is 0.515.